The number of rotatable bonds is 4. The van der Waals surface area contributed by atoms with Crippen LogP contribution in [0.3, 0.4) is 0 Å². The van der Waals surface area contributed by atoms with Gasteiger partial charge in [0.1, 0.15) is 5.82 Å². The molecule has 1 fully saturated rings. The molecule has 146 valence electrons. The van der Waals surface area contributed by atoms with E-state index in [1.807, 2.05) is 16.7 Å². The molecule has 0 saturated heterocycles. The van der Waals surface area contributed by atoms with Gasteiger partial charge < -0.3 is 9.67 Å². The number of aromatic nitrogens is 2. The molecule has 28 heavy (non-hydrogen) atoms. The Kier molecular flexibility index (Phi) is 5.06. The van der Waals surface area contributed by atoms with Gasteiger partial charge in [-0.3, -0.25) is 4.79 Å². The molecule has 1 aliphatic carbocycles. The van der Waals surface area contributed by atoms with Crippen LogP contribution < -0.4 is 0 Å². The molecule has 2 atom stereocenters. The van der Waals surface area contributed by atoms with Crippen molar-refractivity contribution in [1.82, 2.24) is 9.55 Å². The van der Waals surface area contributed by atoms with Crippen LogP contribution in [0.5, 0.6) is 0 Å². The van der Waals surface area contributed by atoms with E-state index in [1.54, 1.807) is 12.1 Å². The van der Waals surface area contributed by atoms with E-state index in [0.29, 0.717) is 28.3 Å². The number of hydrogen-bond acceptors (Lipinski definition) is 2. The molecule has 0 amide bonds. The number of nitrogens with zero attached hydrogens (tertiary/aromatic N) is 2. The third-order valence-corrected chi connectivity index (χ3v) is 5.67. The molecule has 3 aromatic rings. The van der Waals surface area contributed by atoms with Gasteiger partial charge in [0.2, 0.25) is 0 Å². The van der Waals surface area contributed by atoms with Crippen molar-refractivity contribution in [3.8, 4) is 11.4 Å². The van der Waals surface area contributed by atoms with Gasteiger partial charge in [0, 0.05) is 35.2 Å². The highest BCUT2D eigenvalue weighted by Crippen LogP contribution is 2.39. The van der Waals surface area contributed by atoms with Gasteiger partial charge in [-0.2, -0.15) is 0 Å². The van der Waals surface area contributed by atoms with E-state index in [0.717, 1.165) is 30.9 Å². The van der Waals surface area contributed by atoms with Gasteiger partial charge in [0.15, 0.2) is 11.6 Å². The van der Waals surface area contributed by atoms with Crippen LogP contribution in [0.25, 0.3) is 22.4 Å². The summed E-state index contributed by atoms with van der Waals surface area (Å²) in [5.74, 6) is -2.01. The lowest BCUT2D eigenvalue weighted by Gasteiger charge is -2.31. The predicted octanol–water partition coefficient (Wildman–Crippen LogP) is 5.84. The topological polar surface area (TPSA) is 55.1 Å². The first-order chi connectivity index (χ1) is 13.4. The SMILES string of the molecule is O=C(O)CC1CCCC(n2c(-c3ccc(Cl)cc3)nc3cc(F)c(F)cc32)C1. The summed E-state index contributed by atoms with van der Waals surface area (Å²) in [6.07, 6.45) is 3.35. The Morgan fingerprint density at radius 2 is 1.89 bits per heavy atom. The van der Waals surface area contributed by atoms with Crippen molar-refractivity contribution >= 4 is 28.6 Å². The first kappa shape index (κ1) is 18.9. The average molecular weight is 405 g/mol. The quantitative estimate of drug-likeness (QED) is 0.594. The second-order valence-corrected chi connectivity index (χ2v) is 7.79. The highest BCUT2D eigenvalue weighted by atomic mass is 35.5. The lowest BCUT2D eigenvalue weighted by molar-refractivity contribution is -0.138. The van der Waals surface area contributed by atoms with Crippen molar-refractivity contribution in [1.29, 1.82) is 0 Å². The third-order valence-electron chi connectivity index (χ3n) is 5.42. The van der Waals surface area contributed by atoms with E-state index < -0.39 is 17.6 Å². The highest BCUT2D eigenvalue weighted by Gasteiger charge is 2.28. The lowest BCUT2D eigenvalue weighted by atomic mass is 9.83. The Morgan fingerprint density at radius 1 is 1.18 bits per heavy atom. The van der Waals surface area contributed by atoms with Crippen LogP contribution in [0, 0.1) is 17.6 Å². The number of halogens is 3. The standard InChI is InChI=1S/C21H19ClF2N2O2/c22-14-6-4-13(5-7-14)21-25-18-10-16(23)17(24)11-19(18)26(21)15-3-1-2-12(8-15)9-20(27)28/h4-7,10-12,15H,1-3,8-9H2,(H,27,28). The van der Waals surface area contributed by atoms with Crippen molar-refractivity contribution in [2.75, 3.05) is 0 Å². The minimum absolute atomic E-state index is 0.0290. The number of benzene rings is 2. The Bertz CT molecular complexity index is 1030. The molecular formula is C21H19ClF2N2O2. The Balaban J connectivity index is 1.84. The van der Waals surface area contributed by atoms with E-state index in [1.165, 1.54) is 6.07 Å². The number of hydrogen-bond donors (Lipinski definition) is 1. The maximum Gasteiger partial charge on any atom is 0.303 e. The number of aliphatic carboxylic acids is 1. The zero-order valence-electron chi connectivity index (χ0n) is 15.0. The minimum atomic E-state index is -0.938. The lowest BCUT2D eigenvalue weighted by Crippen LogP contribution is -2.21. The molecule has 1 aliphatic rings. The van der Waals surface area contributed by atoms with E-state index in [-0.39, 0.29) is 18.4 Å². The molecule has 0 radical (unpaired) electrons. The molecule has 1 heterocycles. The Hall–Kier alpha value is -2.47. The molecule has 1 saturated carbocycles. The fourth-order valence-corrected chi connectivity index (χ4v) is 4.32. The average Bonchev–Trinajstić information content (AvgIpc) is 3.00. The van der Waals surface area contributed by atoms with Crippen LogP contribution in [-0.4, -0.2) is 20.6 Å². The zero-order chi connectivity index (χ0) is 19.8. The normalized spacial score (nSPS) is 19.8. The molecule has 1 N–H and O–H groups in total. The van der Waals surface area contributed by atoms with Crippen LogP contribution in [0.4, 0.5) is 8.78 Å². The minimum Gasteiger partial charge on any atom is -0.481 e. The van der Waals surface area contributed by atoms with Crippen molar-refractivity contribution in [3.63, 3.8) is 0 Å². The van der Waals surface area contributed by atoms with Gasteiger partial charge in [0.25, 0.3) is 0 Å². The third kappa shape index (κ3) is 3.61. The van der Waals surface area contributed by atoms with E-state index >= 15 is 0 Å². The number of carboxylic acid groups (broad SMARTS) is 1. The molecule has 0 spiro atoms. The fourth-order valence-electron chi connectivity index (χ4n) is 4.19. The molecule has 0 aliphatic heterocycles. The van der Waals surface area contributed by atoms with Crippen LogP contribution in [0.1, 0.15) is 38.1 Å². The molecular weight excluding hydrogens is 386 g/mol. The zero-order valence-corrected chi connectivity index (χ0v) is 15.8. The predicted molar refractivity (Wildman–Crippen MR) is 103 cm³/mol. The second kappa shape index (κ2) is 7.51. The van der Waals surface area contributed by atoms with Crippen molar-refractivity contribution in [3.05, 3.63) is 53.1 Å². The largest absolute Gasteiger partial charge is 0.481 e. The summed E-state index contributed by atoms with van der Waals surface area (Å²) < 4.78 is 29.7. The first-order valence-corrected chi connectivity index (χ1v) is 9.65. The summed E-state index contributed by atoms with van der Waals surface area (Å²) in [7, 11) is 0. The van der Waals surface area contributed by atoms with Gasteiger partial charge >= 0.3 is 5.97 Å². The van der Waals surface area contributed by atoms with Crippen molar-refractivity contribution in [2.45, 2.75) is 38.1 Å². The highest BCUT2D eigenvalue weighted by molar-refractivity contribution is 6.30. The van der Waals surface area contributed by atoms with Crippen LogP contribution >= 0.6 is 11.6 Å². The van der Waals surface area contributed by atoms with Gasteiger partial charge in [-0.25, -0.2) is 13.8 Å². The maximum atomic E-state index is 14.0. The first-order valence-electron chi connectivity index (χ1n) is 9.27. The molecule has 1 aromatic heterocycles. The van der Waals surface area contributed by atoms with Gasteiger partial charge in [0.05, 0.1) is 11.0 Å². The molecule has 0 bridgehead atoms. The number of imidazole rings is 1. The molecule has 4 rings (SSSR count). The van der Waals surface area contributed by atoms with Gasteiger partial charge in [-0.1, -0.05) is 18.0 Å². The fraction of sp³-hybridized carbons (Fsp3) is 0.333. The summed E-state index contributed by atoms with van der Waals surface area (Å²) in [4.78, 5) is 15.7. The van der Waals surface area contributed by atoms with E-state index in [4.69, 9.17) is 16.7 Å². The van der Waals surface area contributed by atoms with Gasteiger partial charge in [-0.05, 0) is 49.4 Å². The van der Waals surface area contributed by atoms with E-state index in [2.05, 4.69) is 4.98 Å². The van der Waals surface area contributed by atoms with Crippen LogP contribution in [-0.2, 0) is 4.79 Å². The summed E-state index contributed by atoms with van der Waals surface area (Å²) in [5, 5.41) is 9.74. The molecule has 2 aromatic carbocycles. The maximum absolute atomic E-state index is 14.0. The summed E-state index contributed by atoms with van der Waals surface area (Å²) in [5.41, 5.74) is 1.69. The molecule has 2 unspecified atom stereocenters. The summed E-state index contributed by atoms with van der Waals surface area (Å²) in [6, 6.07) is 9.40. The summed E-state index contributed by atoms with van der Waals surface area (Å²) >= 11 is 5.99. The second-order valence-electron chi connectivity index (χ2n) is 7.35. The number of carboxylic acids is 1. The van der Waals surface area contributed by atoms with E-state index in [9.17, 15) is 13.6 Å². The molecule has 4 nitrogen and oxygen atoms in total. The summed E-state index contributed by atoms with van der Waals surface area (Å²) in [6.45, 7) is 0. The molecule has 7 heteroatoms. The number of carbonyl (C=O) groups is 1. The van der Waals surface area contributed by atoms with Gasteiger partial charge in [-0.15, -0.1) is 0 Å². The Morgan fingerprint density at radius 3 is 2.61 bits per heavy atom. The Labute approximate surface area is 165 Å². The van der Waals surface area contributed by atoms with Crippen molar-refractivity contribution < 1.29 is 18.7 Å². The van der Waals surface area contributed by atoms with Crippen molar-refractivity contribution in [2.24, 2.45) is 5.92 Å². The van der Waals surface area contributed by atoms with Crippen LogP contribution in [0.2, 0.25) is 5.02 Å². The van der Waals surface area contributed by atoms with Crippen LogP contribution in [0.15, 0.2) is 36.4 Å². The monoisotopic (exact) mass is 404 g/mol. The number of fused-ring (bicyclic) bond motifs is 1. The smallest absolute Gasteiger partial charge is 0.303 e.